The number of rotatable bonds is 3. The van der Waals surface area contributed by atoms with Gasteiger partial charge in [-0.15, -0.1) is 0 Å². The number of aromatic nitrogens is 2. The van der Waals surface area contributed by atoms with E-state index in [1.165, 1.54) is 0 Å². The summed E-state index contributed by atoms with van der Waals surface area (Å²) in [5.74, 6) is 0.941. The molecule has 1 atom stereocenters. The molecule has 1 heterocycles. The third kappa shape index (κ3) is 1.77. The van der Waals surface area contributed by atoms with E-state index in [1.54, 1.807) is 7.05 Å². The first kappa shape index (κ1) is 10.7. The van der Waals surface area contributed by atoms with Crippen molar-refractivity contribution in [3.05, 3.63) is 30.1 Å². The van der Waals surface area contributed by atoms with E-state index < -0.39 is 0 Å². The topological polar surface area (TPSA) is 53.6 Å². The van der Waals surface area contributed by atoms with Gasteiger partial charge >= 0.3 is 0 Å². The van der Waals surface area contributed by atoms with E-state index in [9.17, 15) is 0 Å². The molecule has 4 heteroatoms. The maximum Gasteiger partial charge on any atom is 0.113 e. The molecular weight excluding hydrogens is 200 g/mol. The van der Waals surface area contributed by atoms with Crippen LogP contribution in [-0.4, -0.2) is 22.6 Å². The van der Waals surface area contributed by atoms with E-state index in [0.717, 1.165) is 16.9 Å². The Kier molecular flexibility index (Phi) is 2.88. The Morgan fingerprint density at radius 3 is 2.94 bits per heavy atom. The average Bonchev–Trinajstić information content (AvgIpc) is 2.62. The lowest BCUT2D eigenvalue weighted by Crippen LogP contribution is -2.28. The summed E-state index contributed by atoms with van der Waals surface area (Å²) in [6.45, 7) is 2.59. The van der Waals surface area contributed by atoms with Crippen molar-refractivity contribution in [3.8, 4) is 6.07 Å². The number of likely N-dealkylation sites (N-methyl/N-ethyl adjacent to an activating group) is 1. The van der Waals surface area contributed by atoms with Crippen molar-refractivity contribution in [2.24, 2.45) is 0 Å². The predicted molar refractivity (Wildman–Crippen MR) is 62.9 cm³/mol. The third-order valence-electron chi connectivity index (χ3n) is 2.71. The number of nitrogens with zero attached hydrogens (tertiary/aromatic N) is 3. The number of nitriles is 1. The molecule has 0 amide bonds. The average molecular weight is 214 g/mol. The molecule has 2 aromatic rings. The van der Waals surface area contributed by atoms with Crippen LogP contribution in [0.25, 0.3) is 11.0 Å². The zero-order valence-electron chi connectivity index (χ0n) is 9.44. The number of fused-ring (bicyclic) bond motifs is 1. The molecule has 0 radical (unpaired) electrons. The lowest BCUT2D eigenvalue weighted by Gasteiger charge is -2.11. The van der Waals surface area contributed by atoms with Gasteiger partial charge in [0, 0.05) is 0 Å². The molecule has 82 valence electrons. The van der Waals surface area contributed by atoms with Crippen LogP contribution >= 0.6 is 0 Å². The van der Waals surface area contributed by atoms with Crippen LogP contribution in [0.2, 0.25) is 0 Å². The molecule has 0 aliphatic heterocycles. The molecule has 0 saturated heterocycles. The number of imidazole rings is 1. The van der Waals surface area contributed by atoms with E-state index in [0.29, 0.717) is 6.54 Å². The molecule has 16 heavy (non-hydrogen) atoms. The van der Waals surface area contributed by atoms with Gasteiger partial charge in [-0.1, -0.05) is 12.1 Å². The maximum atomic E-state index is 8.94. The second kappa shape index (κ2) is 4.33. The molecule has 0 saturated carbocycles. The van der Waals surface area contributed by atoms with Gasteiger partial charge in [0.2, 0.25) is 0 Å². The van der Waals surface area contributed by atoms with Crippen molar-refractivity contribution < 1.29 is 0 Å². The Labute approximate surface area is 94.5 Å². The molecule has 0 aliphatic rings. The van der Waals surface area contributed by atoms with Gasteiger partial charge in [-0.3, -0.25) is 0 Å². The summed E-state index contributed by atoms with van der Waals surface area (Å²) >= 11 is 0. The minimum absolute atomic E-state index is 0.184. The molecule has 1 aromatic carbocycles. The summed E-state index contributed by atoms with van der Waals surface area (Å²) < 4.78 is 2.07. The molecular formula is C12H14N4. The van der Waals surface area contributed by atoms with Crippen LogP contribution in [0.5, 0.6) is 0 Å². The molecule has 1 N–H and O–H groups in total. The van der Waals surface area contributed by atoms with E-state index >= 15 is 0 Å². The fourth-order valence-electron chi connectivity index (χ4n) is 1.81. The summed E-state index contributed by atoms with van der Waals surface area (Å²) in [6.07, 6.45) is 0. The largest absolute Gasteiger partial charge is 0.326 e. The first-order valence-electron chi connectivity index (χ1n) is 5.25. The van der Waals surface area contributed by atoms with Crippen LogP contribution in [0.15, 0.2) is 24.3 Å². The van der Waals surface area contributed by atoms with Crippen LogP contribution in [0.1, 0.15) is 5.82 Å². The highest BCUT2D eigenvalue weighted by Gasteiger charge is 2.11. The van der Waals surface area contributed by atoms with Gasteiger partial charge in [-0.2, -0.15) is 5.26 Å². The molecule has 0 spiro atoms. The number of nitrogens with one attached hydrogen (secondary N) is 1. The molecule has 2 rings (SSSR count). The number of aryl methyl sites for hydroxylation is 1. The number of hydrogen-bond acceptors (Lipinski definition) is 3. The standard InChI is InChI=1S/C12H14N4/c1-9-15-11-5-3-4-6-12(11)16(9)8-10(7-13)14-2/h3-6,10,14H,8H2,1-2H3. The van der Waals surface area contributed by atoms with Crippen molar-refractivity contribution in [2.45, 2.75) is 19.5 Å². The van der Waals surface area contributed by atoms with Gasteiger partial charge in [0.1, 0.15) is 11.9 Å². The Hall–Kier alpha value is -1.86. The quantitative estimate of drug-likeness (QED) is 0.841. The first-order valence-corrected chi connectivity index (χ1v) is 5.25. The van der Waals surface area contributed by atoms with Gasteiger partial charge in [0.25, 0.3) is 0 Å². The number of benzene rings is 1. The number of para-hydroxylation sites is 2. The van der Waals surface area contributed by atoms with E-state index in [-0.39, 0.29) is 6.04 Å². The lowest BCUT2D eigenvalue weighted by molar-refractivity contribution is 0.564. The van der Waals surface area contributed by atoms with E-state index in [4.69, 9.17) is 5.26 Å². The minimum Gasteiger partial charge on any atom is -0.326 e. The van der Waals surface area contributed by atoms with Crippen LogP contribution in [0, 0.1) is 18.3 Å². The summed E-state index contributed by atoms with van der Waals surface area (Å²) in [4.78, 5) is 4.46. The van der Waals surface area contributed by atoms with Crippen molar-refractivity contribution in [1.29, 1.82) is 5.26 Å². The number of hydrogen-bond donors (Lipinski definition) is 1. The van der Waals surface area contributed by atoms with Crippen LogP contribution in [0.3, 0.4) is 0 Å². The highest BCUT2D eigenvalue weighted by atomic mass is 15.1. The summed E-state index contributed by atoms with van der Waals surface area (Å²) in [5, 5.41) is 11.9. The predicted octanol–water partition coefficient (Wildman–Crippen LogP) is 1.46. The zero-order valence-corrected chi connectivity index (χ0v) is 9.44. The second-order valence-corrected chi connectivity index (χ2v) is 3.73. The van der Waals surface area contributed by atoms with Crippen LogP contribution < -0.4 is 5.32 Å². The van der Waals surface area contributed by atoms with Crippen LogP contribution in [-0.2, 0) is 6.54 Å². The van der Waals surface area contributed by atoms with Gasteiger partial charge in [-0.05, 0) is 26.1 Å². The first-order chi connectivity index (χ1) is 7.76. The molecule has 0 fully saturated rings. The van der Waals surface area contributed by atoms with Gasteiger partial charge in [0.05, 0.1) is 23.6 Å². The SMILES string of the molecule is CNC(C#N)Cn1c(C)nc2ccccc21. The van der Waals surface area contributed by atoms with Gasteiger partial charge in [-0.25, -0.2) is 4.98 Å². The summed E-state index contributed by atoms with van der Waals surface area (Å²) in [7, 11) is 1.79. The smallest absolute Gasteiger partial charge is 0.113 e. The highest BCUT2D eigenvalue weighted by molar-refractivity contribution is 5.75. The lowest BCUT2D eigenvalue weighted by atomic mass is 10.3. The van der Waals surface area contributed by atoms with Crippen molar-refractivity contribution in [2.75, 3.05) is 7.05 Å². The highest BCUT2D eigenvalue weighted by Crippen LogP contribution is 2.15. The monoisotopic (exact) mass is 214 g/mol. The molecule has 0 bridgehead atoms. The molecule has 1 aromatic heterocycles. The van der Waals surface area contributed by atoms with Crippen molar-refractivity contribution in [1.82, 2.24) is 14.9 Å². The fourth-order valence-corrected chi connectivity index (χ4v) is 1.81. The van der Waals surface area contributed by atoms with Gasteiger partial charge < -0.3 is 9.88 Å². The Morgan fingerprint density at radius 2 is 2.25 bits per heavy atom. The second-order valence-electron chi connectivity index (χ2n) is 3.73. The molecule has 4 nitrogen and oxygen atoms in total. The third-order valence-corrected chi connectivity index (χ3v) is 2.71. The Bertz CT molecular complexity index is 535. The fraction of sp³-hybridized carbons (Fsp3) is 0.333. The summed E-state index contributed by atoms with van der Waals surface area (Å²) in [5.41, 5.74) is 2.06. The van der Waals surface area contributed by atoms with E-state index in [2.05, 4.69) is 20.9 Å². The van der Waals surface area contributed by atoms with Crippen molar-refractivity contribution in [3.63, 3.8) is 0 Å². The minimum atomic E-state index is -0.184. The van der Waals surface area contributed by atoms with Gasteiger partial charge in [0.15, 0.2) is 0 Å². The van der Waals surface area contributed by atoms with E-state index in [1.807, 2.05) is 31.2 Å². The molecule has 0 aliphatic carbocycles. The van der Waals surface area contributed by atoms with Crippen molar-refractivity contribution >= 4 is 11.0 Å². The Morgan fingerprint density at radius 1 is 1.50 bits per heavy atom. The summed E-state index contributed by atoms with van der Waals surface area (Å²) in [6, 6.07) is 10.0. The molecule has 1 unspecified atom stereocenters. The normalized spacial score (nSPS) is 12.6. The van der Waals surface area contributed by atoms with Crippen LogP contribution in [0.4, 0.5) is 0 Å². The Balaban J connectivity index is 2.44. The zero-order chi connectivity index (χ0) is 11.5. The maximum absolute atomic E-state index is 8.94.